The highest BCUT2D eigenvalue weighted by Crippen LogP contribution is 2.15. The largest absolute Gasteiger partial charge is 0.345 e. The van der Waals surface area contributed by atoms with Crippen LogP contribution >= 0.6 is 0 Å². The summed E-state index contributed by atoms with van der Waals surface area (Å²) in [6.45, 7) is 1.13. The van der Waals surface area contributed by atoms with Crippen LogP contribution in [0.1, 0.15) is 31.8 Å². The summed E-state index contributed by atoms with van der Waals surface area (Å²) in [4.78, 5) is 51.0. The van der Waals surface area contributed by atoms with Crippen LogP contribution in [0.2, 0.25) is 0 Å². The Balaban J connectivity index is 0.000000181. The van der Waals surface area contributed by atoms with Gasteiger partial charge in [0.1, 0.15) is 0 Å². The van der Waals surface area contributed by atoms with E-state index in [0.29, 0.717) is 24.2 Å². The lowest BCUT2D eigenvalue weighted by molar-refractivity contribution is 0.0820. The lowest BCUT2D eigenvalue weighted by Crippen LogP contribution is -2.22. The number of aromatic nitrogens is 2. The molecule has 0 radical (unpaired) electrons. The number of pyridine rings is 2. The summed E-state index contributed by atoms with van der Waals surface area (Å²) < 4.78 is 3.79. The van der Waals surface area contributed by atoms with Crippen molar-refractivity contribution in [1.82, 2.24) is 18.9 Å². The lowest BCUT2D eigenvalue weighted by atomic mass is 10.1. The molecular weight excluding hydrogens is 576 g/mol. The van der Waals surface area contributed by atoms with Crippen LogP contribution in [0.5, 0.6) is 0 Å². The van der Waals surface area contributed by atoms with E-state index < -0.39 is 0 Å². The van der Waals surface area contributed by atoms with Crippen LogP contribution in [0.25, 0.3) is 21.8 Å². The van der Waals surface area contributed by atoms with Gasteiger partial charge in [0.05, 0.1) is 17.6 Å². The molecule has 6 aromatic rings. The molecule has 8 nitrogen and oxygen atoms in total. The Hall–Kier alpha value is -5.76. The predicted molar refractivity (Wildman–Crippen MR) is 184 cm³/mol. The molecule has 0 unspecified atom stereocenters. The Morgan fingerprint density at radius 1 is 0.565 bits per heavy atom. The number of carbonyl (C=O) groups excluding carboxylic acids is 2. The second-order valence-electron chi connectivity index (χ2n) is 11.4. The molecule has 0 spiro atoms. The Morgan fingerprint density at radius 2 is 1.09 bits per heavy atom. The summed E-state index contributed by atoms with van der Waals surface area (Å²) in [6.07, 6.45) is 1.81. The third kappa shape index (κ3) is 7.13. The minimum atomic E-state index is -0.0304. The van der Waals surface area contributed by atoms with Gasteiger partial charge in [0.2, 0.25) is 0 Å². The zero-order chi connectivity index (χ0) is 32.8. The molecule has 4 aromatic carbocycles. The van der Waals surface area contributed by atoms with Gasteiger partial charge in [0, 0.05) is 69.6 Å². The molecule has 2 amide bonds. The summed E-state index contributed by atoms with van der Waals surface area (Å²) in [5.74, 6) is -0.0377. The van der Waals surface area contributed by atoms with Gasteiger partial charge >= 0.3 is 0 Å². The van der Waals surface area contributed by atoms with Gasteiger partial charge in [-0.3, -0.25) is 19.2 Å². The summed E-state index contributed by atoms with van der Waals surface area (Å²) in [6, 6.07) is 35.4. The minimum absolute atomic E-state index is 0.00893. The zero-order valence-electron chi connectivity index (χ0n) is 26.4. The van der Waals surface area contributed by atoms with Crippen molar-refractivity contribution in [2.45, 2.75) is 13.1 Å². The fourth-order valence-corrected chi connectivity index (χ4v) is 5.21. The second-order valence-corrected chi connectivity index (χ2v) is 11.4. The Kier molecular flexibility index (Phi) is 9.57. The number of rotatable bonds is 6. The van der Waals surface area contributed by atoms with E-state index in [4.69, 9.17) is 0 Å². The molecule has 6 rings (SSSR count). The van der Waals surface area contributed by atoms with E-state index in [1.54, 1.807) is 66.8 Å². The van der Waals surface area contributed by atoms with E-state index in [2.05, 4.69) is 0 Å². The molecule has 232 valence electrons. The van der Waals surface area contributed by atoms with Gasteiger partial charge < -0.3 is 18.9 Å². The quantitative estimate of drug-likeness (QED) is 0.249. The van der Waals surface area contributed by atoms with E-state index in [9.17, 15) is 19.2 Å². The first-order valence-corrected chi connectivity index (χ1v) is 14.9. The van der Waals surface area contributed by atoms with Crippen molar-refractivity contribution < 1.29 is 9.59 Å². The van der Waals surface area contributed by atoms with Crippen molar-refractivity contribution in [2.75, 3.05) is 28.2 Å². The number of hydrogen-bond acceptors (Lipinski definition) is 4. The van der Waals surface area contributed by atoms with Crippen LogP contribution in [0.3, 0.4) is 0 Å². The maximum atomic E-state index is 12.2. The monoisotopic (exact) mass is 612 g/mol. The first-order valence-electron chi connectivity index (χ1n) is 14.9. The van der Waals surface area contributed by atoms with Crippen LogP contribution in [0, 0.1) is 0 Å². The van der Waals surface area contributed by atoms with E-state index in [1.807, 2.05) is 102 Å². The van der Waals surface area contributed by atoms with E-state index in [1.165, 1.54) is 0 Å². The molecule has 0 atom stereocenters. The number of carbonyl (C=O) groups is 2. The number of para-hydroxylation sites is 2. The van der Waals surface area contributed by atoms with E-state index in [0.717, 1.165) is 32.9 Å². The molecule has 0 N–H and O–H groups in total. The van der Waals surface area contributed by atoms with Gasteiger partial charge in [-0.1, -0.05) is 54.6 Å². The molecule has 0 saturated carbocycles. The predicted octanol–water partition coefficient (Wildman–Crippen LogP) is 5.50. The Morgan fingerprint density at radius 3 is 1.67 bits per heavy atom. The third-order valence-corrected chi connectivity index (χ3v) is 7.69. The van der Waals surface area contributed by atoms with Gasteiger partial charge in [-0.2, -0.15) is 0 Å². The molecule has 46 heavy (non-hydrogen) atoms. The van der Waals surface area contributed by atoms with Gasteiger partial charge in [-0.25, -0.2) is 0 Å². The first-order chi connectivity index (χ1) is 22.1. The van der Waals surface area contributed by atoms with Crippen molar-refractivity contribution in [3.8, 4) is 0 Å². The Labute approximate surface area is 267 Å². The lowest BCUT2D eigenvalue weighted by Gasteiger charge is -2.12. The summed E-state index contributed by atoms with van der Waals surface area (Å²) in [5, 5.41) is 1.75. The zero-order valence-corrected chi connectivity index (χ0v) is 26.4. The summed E-state index contributed by atoms with van der Waals surface area (Å²) >= 11 is 0. The van der Waals surface area contributed by atoms with Gasteiger partial charge in [-0.05, 0) is 65.0 Å². The summed E-state index contributed by atoms with van der Waals surface area (Å²) in [7, 11) is 6.93. The molecule has 0 saturated heterocycles. The maximum Gasteiger partial charge on any atom is 0.253 e. The number of amides is 2. The smallest absolute Gasteiger partial charge is 0.253 e. The number of nitrogens with zero attached hydrogens (tertiary/aromatic N) is 4. The molecule has 0 fully saturated rings. The molecule has 0 aliphatic carbocycles. The molecule has 0 aliphatic heterocycles. The first kappa shape index (κ1) is 31.7. The normalized spacial score (nSPS) is 10.7. The third-order valence-electron chi connectivity index (χ3n) is 7.69. The number of fused-ring (bicyclic) bond motifs is 2. The van der Waals surface area contributed by atoms with Gasteiger partial charge in [0.15, 0.2) is 5.43 Å². The number of hydrogen-bond donors (Lipinski definition) is 0. The van der Waals surface area contributed by atoms with Crippen molar-refractivity contribution in [3.63, 3.8) is 0 Å². The maximum absolute atomic E-state index is 12.2. The average molecular weight is 613 g/mol. The minimum Gasteiger partial charge on any atom is -0.345 e. The fourth-order valence-electron chi connectivity index (χ4n) is 5.21. The highest BCUT2D eigenvalue weighted by molar-refractivity contribution is 5.94. The number of benzene rings is 4. The molecule has 8 heteroatoms. The molecular formula is C38H36N4O4. The topological polar surface area (TPSA) is 84.6 Å². The second kappa shape index (κ2) is 13.9. The van der Waals surface area contributed by atoms with Crippen molar-refractivity contribution in [1.29, 1.82) is 0 Å². The molecule has 0 aliphatic rings. The van der Waals surface area contributed by atoms with E-state index in [-0.39, 0.29) is 22.8 Å². The average Bonchev–Trinajstić information content (AvgIpc) is 3.07. The van der Waals surface area contributed by atoms with Crippen LogP contribution in [-0.2, 0) is 13.1 Å². The van der Waals surface area contributed by atoms with Crippen LogP contribution < -0.4 is 11.0 Å². The van der Waals surface area contributed by atoms with Crippen molar-refractivity contribution in [2.24, 2.45) is 0 Å². The van der Waals surface area contributed by atoms with Gasteiger partial charge in [0.25, 0.3) is 17.4 Å². The Bertz CT molecular complexity index is 2120. The standard InChI is InChI=1S/2C19H18N2O2/c1-20(2)19(23)15-9-7-14(8-10-15)13-21-12-11-18(22)16-5-3-4-6-17(16)21;1-20(2)19(23)16-9-7-14(8-10-16)13-21-17-6-4-3-5-15(17)11-12-18(21)22/h2*3-12H,13H2,1-2H3. The van der Waals surface area contributed by atoms with Crippen molar-refractivity contribution in [3.05, 3.63) is 164 Å². The molecule has 2 heterocycles. The van der Waals surface area contributed by atoms with Crippen LogP contribution in [-0.4, -0.2) is 58.9 Å². The van der Waals surface area contributed by atoms with Gasteiger partial charge in [-0.15, -0.1) is 0 Å². The highest BCUT2D eigenvalue weighted by Gasteiger charge is 2.10. The van der Waals surface area contributed by atoms with Crippen LogP contribution in [0.4, 0.5) is 0 Å². The van der Waals surface area contributed by atoms with Crippen molar-refractivity contribution >= 4 is 33.6 Å². The van der Waals surface area contributed by atoms with Crippen LogP contribution in [0.15, 0.2) is 131 Å². The summed E-state index contributed by atoms with van der Waals surface area (Å²) in [5.41, 5.74) is 5.20. The SMILES string of the molecule is CN(C)C(=O)c1ccc(Cn2c(=O)ccc3ccccc32)cc1.CN(C)C(=O)c1ccc(Cn2ccc(=O)c3ccccc32)cc1. The fraction of sp³-hybridized carbons (Fsp3) is 0.158. The highest BCUT2D eigenvalue weighted by atomic mass is 16.2. The molecule has 0 bridgehead atoms. The molecule has 2 aromatic heterocycles. The van der Waals surface area contributed by atoms with E-state index >= 15 is 0 Å².